The molecule has 2 aromatic rings. The molecular weight excluding hydrogens is 362 g/mol. The lowest BCUT2D eigenvalue weighted by atomic mass is 10.2. The third-order valence-corrected chi connectivity index (χ3v) is 4.94. The minimum absolute atomic E-state index is 0.213. The fraction of sp³-hybridized carbons (Fsp3) is 0.235. The van der Waals surface area contributed by atoms with E-state index in [2.05, 4.69) is 10.0 Å². The SMILES string of the molecule is CN(C)c1ccc(NC(=O)CNS(=O)(=O)Cc2ccc(Cl)cc2)cc1. The third kappa shape index (κ3) is 6.38. The smallest absolute Gasteiger partial charge is 0.239 e. The zero-order valence-electron chi connectivity index (χ0n) is 14.0. The number of hydrogen-bond donors (Lipinski definition) is 2. The van der Waals surface area contributed by atoms with Crippen LogP contribution in [0.25, 0.3) is 0 Å². The third-order valence-electron chi connectivity index (χ3n) is 3.39. The largest absolute Gasteiger partial charge is 0.378 e. The van der Waals surface area contributed by atoms with E-state index in [-0.39, 0.29) is 12.3 Å². The highest BCUT2D eigenvalue weighted by Gasteiger charge is 2.13. The summed E-state index contributed by atoms with van der Waals surface area (Å²) >= 11 is 5.77. The lowest BCUT2D eigenvalue weighted by molar-refractivity contribution is -0.115. The van der Waals surface area contributed by atoms with Gasteiger partial charge in [-0.25, -0.2) is 13.1 Å². The van der Waals surface area contributed by atoms with Crippen molar-refractivity contribution in [1.29, 1.82) is 0 Å². The van der Waals surface area contributed by atoms with Crippen LogP contribution in [0.5, 0.6) is 0 Å². The Kier molecular flexibility index (Phi) is 6.41. The van der Waals surface area contributed by atoms with Crippen molar-refractivity contribution in [1.82, 2.24) is 4.72 Å². The molecule has 0 saturated heterocycles. The van der Waals surface area contributed by atoms with Gasteiger partial charge in [-0.1, -0.05) is 23.7 Å². The Morgan fingerprint density at radius 2 is 1.64 bits per heavy atom. The zero-order valence-corrected chi connectivity index (χ0v) is 15.6. The number of benzene rings is 2. The minimum Gasteiger partial charge on any atom is -0.378 e. The van der Waals surface area contributed by atoms with Gasteiger partial charge in [0.15, 0.2) is 0 Å². The van der Waals surface area contributed by atoms with E-state index in [0.29, 0.717) is 16.3 Å². The highest BCUT2D eigenvalue weighted by Crippen LogP contribution is 2.15. The number of sulfonamides is 1. The maximum absolute atomic E-state index is 12.0. The van der Waals surface area contributed by atoms with Crippen molar-refractivity contribution in [2.45, 2.75) is 5.75 Å². The van der Waals surface area contributed by atoms with E-state index in [0.717, 1.165) is 5.69 Å². The second-order valence-electron chi connectivity index (χ2n) is 5.70. The maximum Gasteiger partial charge on any atom is 0.239 e. The summed E-state index contributed by atoms with van der Waals surface area (Å²) in [6.45, 7) is -0.328. The molecule has 2 aromatic carbocycles. The van der Waals surface area contributed by atoms with Crippen molar-refractivity contribution >= 4 is 38.9 Å². The number of halogens is 1. The second-order valence-corrected chi connectivity index (χ2v) is 7.94. The molecule has 0 radical (unpaired) electrons. The first-order valence-corrected chi connectivity index (χ1v) is 9.57. The van der Waals surface area contributed by atoms with Crippen molar-refractivity contribution in [2.24, 2.45) is 0 Å². The molecule has 0 unspecified atom stereocenters. The Bertz CT molecular complexity index is 819. The highest BCUT2D eigenvalue weighted by molar-refractivity contribution is 7.88. The van der Waals surface area contributed by atoms with Crippen LogP contribution in [0.3, 0.4) is 0 Å². The minimum atomic E-state index is -3.61. The summed E-state index contributed by atoms with van der Waals surface area (Å²) in [6.07, 6.45) is 0. The topological polar surface area (TPSA) is 78.5 Å². The van der Waals surface area contributed by atoms with Crippen molar-refractivity contribution in [3.63, 3.8) is 0 Å². The van der Waals surface area contributed by atoms with Crippen LogP contribution in [0.1, 0.15) is 5.56 Å². The normalized spacial score (nSPS) is 11.2. The first kappa shape index (κ1) is 19.2. The molecule has 0 spiro atoms. The number of anilines is 2. The van der Waals surface area contributed by atoms with E-state index in [1.165, 1.54) is 0 Å². The van der Waals surface area contributed by atoms with Gasteiger partial charge in [-0.15, -0.1) is 0 Å². The van der Waals surface area contributed by atoms with Gasteiger partial charge < -0.3 is 10.2 Å². The number of nitrogens with zero attached hydrogens (tertiary/aromatic N) is 1. The first-order chi connectivity index (χ1) is 11.7. The first-order valence-electron chi connectivity index (χ1n) is 7.54. The van der Waals surface area contributed by atoms with E-state index >= 15 is 0 Å². The molecule has 0 aliphatic rings. The quantitative estimate of drug-likeness (QED) is 0.772. The zero-order chi connectivity index (χ0) is 18.4. The van der Waals surface area contributed by atoms with Crippen LogP contribution in [0, 0.1) is 0 Å². The van der Waals surface area contributed by atoms with Gasteiger partial charge in [0.1, 0.15) is 0 Å². The van der Waals surface area contributed by atoms with Crippen LogP contribution in [-0.4, -0.2) is 35.0 Å². The molecule has 2 N–H and O–H groups in total. The van der Waals surface area contributed by atoms with Crippen LogP contribution in [0.2, 0.25) is 5.02 Å². The van der Waals surface area contributed by atoms with Gasteiger partial charge in [-0.3, -0.25) is 4.79 Å². The molecule has 8 heteroatoms. The van der Waals surface area contributed by atoms with Gasteiger partial charge in [0.05, 0.1) is 12.3 Å². The number of hydrogen-bond acceptors (Lipinski definition) is 4. The van der Waals surface area contributed by atoms with Crippen molar-refractivity contribution in [3.8, 4) is 0 Å². The number of nitrogens with one attached hydrogen (secondary N) is 2. The van der Waals surface area contributed by atoms with E-state index in [1.807, 2.05) is 31.1 Å². The molecule has 1 amide bonds. The summed E-state index contributed by atoms with van der Waals surface area (Å²) in [6, 6.07) is 13.8. The number of carbonyl (C=O) groups is 1. The van der Waals surface area contributed by atoms with Gasteiger partial charge in [0.25, 0.3) is 0 Å². The molecule has 0 fully saturated rings. The number of amides is 1. The van der Waals surface area contributed by atoms with Crippen molar-refractivity contribution in [3.05, 3.63) is 59.1 Å². The highest BCUT2D eigenvalue weighted by atomic mass is 35.5. The molecule has 0 aromatic heterocycles. The second kappa shape index (κ2) is 8.33. The summed E-state index contributed by atoms with van der Waals surface area (Å²) in [5, 5.41) is 3.19. The Balaban J connectivity index is 1.86. The molecule has 0 aliphatic heterocycles. The van der Waals surface area contributed by atoms with Gasteiger partial charge in [0.2, 0.25) is 15.9 Å². The Labute approximate surface area is 152 Å². The number of rotatable bonds is 7. The molecule has 0 aliphatic carbocycles. The summed E-state index contributed by atoms with van der Waals surface area (Å²) < 4.78 is 26.4. The van der Waals surface area contributed by atoms with Crippen LogP contribution < -0.4 is 14.9 Å². The molecule has 2 rings (SSSR count). The Hall–Kier alpha value is -2.09. The summed E-state index contributed by atoms with van der Waals surface area (Å²) in [5.41, 5.74) is 2.20. The Morgan fingerprint density at radius 3 is 2.20 bits per heavy atom. The molecule has 0 atom stereocenters. The standard InChI is InChI=1S/C17H20ClN3O3S/c1-21(2)16-9-7-15(8-10-16)20-17(22)11-19-25(23,24)12-13-3-5-14(18)6-4-13/h3-10,19H,11-12H2,1-2H3,(H,20,22). The number of carbonyl (C=O) groups excluding carboxylic acids is 1. The lowest BCUT2D eigenvalue weighted by Gasteiger charge is -2.13. The van der Waals surface area contributed by atoms with Crippen LogP contribution in [0.4, 0.5) is 11.4 Å². The average Bonchev–Trinajstić information content (AvgIpc) is 2.56. The van der Waals surface area contributed by atoms with Gasteiger partial charge in [0, 0.05) is 30.5 Å². The molecule has 134 valence electrons. The Morgan fingerprint density at radius 1 is 1.04 bits per heavy atom. The summed E-state index contributed by atoms with van der Waals surface area (Å²) in [7, 11) is 0.226. The molecule has 0 heterocycles. The molecule has 25 heavy (non-hydrogen) atoms. The molecule has 6 nitrogen and oxygen atoms in total. The average molecular weight is 382 g/mol. The lowest BCUT2D eigenvalue weighted by Crippen LogP contribution is -2.33. The summed E-state index contributed by atoms with van der Waals surface area (Å²) in [4.78, 5) is 13.9. The fourth-order valence-corrected chi connectivity index (χ4v) is 3.29. The molecular formula is C17H20ClN3O3S. The van der Waals surface area contributed by atoms with E-state index in [4.69, 9.17) is 11.6 Å². The summed E-state index contributed by atoms with van der Waals surface area (Å²) in [5.74, 6) is -0.646. The van der Waals surface area contributed by atoms with Crippen molar-refractivity contribution in [2.75, 3.05) is 30.9 Å². The van der Waals surface area contributed by atoms with Gasteiger partial charge in [-0.2, -0.15) is 0 Å². The fourth-order valence-electron chi connectivity index (χ4n) is 2.07. The van der Waals surface area contributed by atoms with Crippen LogP contribution in [0.15, 0.2) is 48.5 Å². The predicted octanol–water partition coefficient (Wildman–Crippen LogP) is 2.46. The van der Waals surface area contributed by atoms with Crippen LogP contribution >= 0.6 is 11.6 Å². The van der Waals surface area contributed by atoms with E-state index in [1.54, 1.807) is 36.4 Å². The molecule has 0 bridgehead atoms. The maximum atomic E-state index is 12.0. The monoisotopic (exact) mass is 381 g/mol. The van der Waals surface area contributed by atoms with Crippen LogP contribution in [-0.2, 0) is 20.6 Å². The van der Waals surface area contributed by atoms with E-state index < -0.39 is 15.9 Å². The van der Waals surface area contributed by atoms with Gasteiger partial charge in [-0.05, 0) is 42.0 Å². The van der Waals surface area contributed by atoms with Crippen molar-refractivity contribution < 1.29 is 13.2 Å². The van der Waals surface area contributed by atoms with E-state index in [9.17, 15) is 13.2 Å². The molecule has 0 saturated carbocycles. The van der Waals surface area contributed by atoms with Gasteiger partial charge >= 0.3 is 0 Å². The predicted molar refractivity (Wildman–Crippen MR) is 101 cm³/mol.